The molecule has 7 nitrogen and oxygen atoms in total. The summed E-state index contributed by atoms with van der Waals surface area (Å²) in [4.78, 5) is 16.8. The first kappa shape index (κ1) is 13.7. The Morgan fingerprint density at radius 3 is 2.79 bits per heavy atom. The molecule has 0 fully saturated rings. The highest BCUT2D eigenvalue weighted by Crippen LogP contribution is 2.23. The average molecular weight is 278 g/mol. The second-order valence-electron chi connectivity index (χ2n) is 3.42. The topological polar surface area (TPSA) is 98.8 Å². The van der Waals surface area contributed by atoms with Crippen LogP contribution >= 0.6 is 11.8 Å². The molecule has 100 valence electrons. The lowest BCUT2D eigenvalue weighted by Gasteiger charge is -2.06. The first-order valence-corrected chi connectivity index (χ1v) is 6.50. The highest BCUT2D eigenvalue weighted by Gasteiger charge is 2.07. The maximum Gasteiger partial charge on any atom is 0.193 e. The van der Waals surface area contributed by atoms with E-state index in [1.54, 1.807) is 24.5 Å². The summed E-state index contributed by atoms with van der Waals surface area (Å²) < 4.78 is 5.29. The molecule has 2 rings (SSSR count). The molecular weight excluding hydrogens is 264 g/mol. The second kappa shape index (κ2) is 6.98. The molecule has 3 N–H and O–H groups in total. The van der Waals surface area contributed by atoms with Crippen LogP contribution in [0.3, 0.4) is 0 Å². The molecular formula is C11H14N6OS. The number of ether oxygens (including phenoxy) is 1. The summed E-state index contributed by atoms with van der Waals surface area (Å²) in [6, 6.07) is 3.49. The maximum absolute atomic E-state index is 5.39. The summed E-state index contributed by atoms with van der Waals surface area (Å²) in [6.45, 7) is 2.86. The Morgan fingerprint density at radius 1 is 1.32 bits per heavy atom. The predicted octanol–water partition coefficient (Wildman–Crippen LogP) is 1.24. The smallest absolute Gasteiger partial charge is 0.193 e. The number of nitrogens with two attached hydrogens (primary N) is 1. The summed E-state index contributed by atoms with van der Waals surface area (Å²) in [6.07, 6.45) is 3.36. The van der Waals surface area contributed by atoms with E-state index in [2.05, 4.69) is 25.4 Å². The number of nitrogen functional groups attached to an aromatic ring is 1. The molecule has 0 aromatic carbocycles. The SMILES string of the molecule is CCOCc1nc(NN)cc(Sc2ncccn2)n1. The van der Waals surface area contributed by atoms with Gasteiger partial charge >= 0.3 is 0 Å². The Morgan fingerprint density at radius 2 is 2.11 bits per heavy atom. The van der Waals surface area contributed by atoms with Crippen molar-refractivity contribution in [2.75, 3.05) is 12.0 Å². The zero-order valence-corrected chi connectivity index (χ0v) is 11.2. The van der Waals surface area contributed by atoms with Crippen molar-refractivity contribution in [1.29, 1.82) is 0 Å². The quantitative estimate of drug-likeness (QED) is 0.352. The van der Waals surface area contributed by atoms with Gasteiger partial charge in [-0.15, -0.1) is 0 Å². The lowest BCUT2D eigenvalue weighted by atomic mass is 10.5. The number of nitrogens with zero attached hydrogens (tertiary/aromatic N) is 4. The van der Waals surface area contributed by atoms with Gasteiger partial charge in [0, 0.05) is 25.1 Å². The van der Waals surface area contributed by atoms with Gasteiger partial charge in [0.15, 0.2) is 11.0 Å². The van der Waals surface area contributed by atoms with Crippen LogP contribution in [0.1, 0.15) is 12.7 Å². The zero-order chi connectivity index (χ0) is 13.5. The van der Waals surface area contributed by atoms with Crippen molar-refractivity contribution in [2.45, 2.75) is 23.7 Å². The van der Waals surface area contributed by atoms with E-state index in [-0.39, 0.29) is 0 Å². The molecule has 0 bridgehead atoms. The highest BCUT2D eigenvalue weighted by atomic mass is 32.2. The molecule has 8 heteroatoms. The van der Waals surface area contributed by atoms with Crippen LogP contribution in [0.25, 0.3) is 0 Å². The summed E-state index contributed by atoms with van der Waals surface area (Å²) in [5.41, 5.74) is 2.51. The lowest BCUT2D eigenvalue weighted by molar-refractivity contribution is 0.128. The Bertz CT molecular complexity index is 524. The molecule has 2 aromatic rings. The fourth-order valence-corrected chi connectivity index (χ4v) is 2.02. The van der Waals surface area contributed by atoms with E-state index >= 15 is 0 Å². The van der Waals surface area contributed by atoms with Gasteiger partial charge < -0.3 is 10.2 Å². The lowest BCUT2D eigenvalue weighted by Crippen LogP contribution is -2.11. The molecule has 0 saturated carbocycles. The van der Waals surface area contributed by atoms with Gasteiger partial charge in [-0.2, -0.15) is 0 Å². The van der Waals surface area contributed by atoms with Crippen LogP contribution in [0.2, 0.25) is 0 Å². The van der Waals surface area contributed by atoms with E-state index in [9.17, 15) is 0 Å². The van der Waals surface area contributed by atoms with Crippen LogP contribution in [0.4, 0.5) is 5.82 Å². The van der Waals surface area contributed by atoms with Crippen molar-refractivity contribution < 1.29 is 4.74 Å². The fourth-order valence-electron chi connectivity index (χ4n) is 1.29. The number of hydrazine groups is 1. The van der Waals surface area contributed by atoms with E-state index in [1.165, 1.54) is 11.8 Å². The van der Waals surface area contributed by atoms with E-state index in [4.69, 9.17) is 10.6 Å². The first-order chi connectivity index (χ1) is 9.31. The van der Waals surface area contributed by atoms with Crippen molar-refractivity contribution in [2.24, 2.45) is 5.84 Å². The van der Waals surface area contributed by atoms with Gasteiger partial charge in [-0.3, -0.25) is 0 Å². The van der Waals surface area contributed by atoms with Crippen LogP contribution in [-0.2, 0) is 11.3 Å². The number of rotatable bonds is 6. The van der Waals surface area contributed by atoms with Crippen LogP contribution in [0.15, 0.2) is 34.7 Å². The van der Waals surface area contributed by atoms with E-state index in [1.807, 2.05) is 6.92 Å². The fraction of sp³-hybridized carbons (Fsp3) is 0.273. The van der Waals surface area contributed by atoms with E-state index in [0.29, 0.717) is 35.0 Å². The molecule has 0 saturated heterocycles. The third-order valence-electron chi connectivity index (χ3n) is 2.07. The van der Waals surface area contributed by atoms with Crippen molar-refractivity contribution in [1.82, 2.24) is 19.9 Å². The number of hydrogen-bond acceptors (Lipinski definition) is 8. The molecule has 0 aliphatic rings. The highest BCUT2D eigenvalue weighted by molar-refractivity contribution is 7.99. The summed E-state index contributed by atoms with van der Waals surface area (Å²) >= 11 is 1.34. The first-order valence-electron chi connectivity index (χ1n) is 5.69. The van der Waals surface area contributed by atoms with Crippen LogP contribution in [0, 0.1) is 0 Å². The minimum absolute atomic E-state index is 0.342. The van der Waals surface area contributed by atoms with Crippen molar-refractivity contribution in [3.05, 3.63) is 30.4 Å². The molecule has 0 amide bonds. The van der Waals surface area contributed by atoms with Crippen LogP contribution in [0.5, 0.6) is 0 Å². The van der Waals surface area contributed by atoms with Gasteiger partial charge in [0.25, 0.3) is 0 Å². The molecule has 0 aliphatic heterocycles. The van der Waals surface area contributed by atoms with E-state index < -0.39 is 0 Å². The second-order valence-corrected chi connectivity index (χ2v) is 4.41. The van der Waals surface area contributed by atoms with Crippen molar-refractivity contribution in [3.8, 4) is 0 Å². The Hall–Kier alpha value is -1.77. The summed E-state index contributed by atoms with van der Waals surface area (Å²) in [5, 5.41) is 1.33. The molecule has 0 spiro atoms. The molecule has 0 radical (unpaired) electrons. The Kier molecular flexibility index (Phi) is 5.01. The normalized spacial score (nSPS) is 10.4. The molecule has 0 atom stereocenters. The van der Waals surface area contributed by atoms with Crippen LogP contribution in [-0.4, -0.2) is 26.5 Å². The Balaban J connectivity index is 2.19. The van der Waals surface area contributed by atoms with Gasteiger partial charge in [0.1, 0.15) is 17.5 Å². The number of aromatic nitrogens is 4. The molecule has 19 heavy (non-hydrogen) atoms. The largest absolute Gasteiger partial charge is 0.374 e. The van der Waals surface area contributed by atoms with E-state index in [0.717, 1.165) is 0 Å². The zero-order valence-electron chi connectivity index (χ0n) is 10.4. The average Bonchev–Trinajstić information content (AvgIpc) is 2.46. The molecule has 0 unspecified atom stereocenters. The molecule has 0 aliphatic carbocycles. The minimum Gasteiger partial charge on any atom is -0.374 e. The Labute approximate surface area is 115 Å². The summed E-state index contributed by atoms with van der Waals surface area (Å²) in [5.74, 6) is 6.48. The van der Waals surface area contributed by atoms with Crippen LogP contribution < -0.4 is 11.3 Å². The number of hydrogen-bond donors (Lipinski definition) is 2. The summed E-state index contributed by atoms with van der Waals surface area (Å²) in [7, 11) is 0. The van der Waals surface area contributed by atoms with Crippen molar-refractivity contribution >= 4 is 17.6 Å². The third kappa shape index (κ3) is 4.12. The minimum atomic E-state index is 0.342. The van der Waals surface area contributed by atoms with Crippen molar-refractivity contribution in [3.63, 3.8) is 0 Å². The van der Waals surface area contributed by atoms with Gasteiger partial charge in [0.2, 0.25) is 0 Å². The standard InChI is InChI=1S/C11H14N6OS/c1-2-18-7-9-15-8(17-12)6-10(16-9)19-11-13-4-3-5-14-11/h3-6H,2,7,12H2,1H3,(H,15,16,17). The molecule has 2 aromatic heterocycles. The predicted molar refractivity (Wildman–Crippen MR) is 71.3 cm³/mol. The third-order valence-corrected chi connectivity index (χ3v) is 2.88. The monoisotopic (exact) mass is 278 g/mol. The van der Waals surface area contributed by atoms with Gasteiger partial charge in [-0.05, 0) is 24.8 Å². The van der Waals surface area contributed by atoms with Gasteiger partial charge in [0.05, 0.1) is 0 Å². The number of nitrogens with one attached hydrogen (secondary N) is 1. The van der Waals surface area contributed by atoms with Gasteiger partial charge in [-0.1, -0.05) is 0 Å². The number of anilines is 1. The van der Waals surface area contributed by atoms with Gasteiger partial charge in [-0.25, -0.2) is 25.8 Å². The maximum atomic E-state index is 5.39. The molecule has 2 heterocycles.